The van der Waals surface area contributed by atoms with Crippen molar-refractivity contribution in [3.63, 3.8) is 0 Å². The molecule has 1 atom stereocenters. The summed E-state index contributed by atoms with van der Waals surface area (Å²) in [4.78, 5) is 42.7. The Balaban J connectivity index is 1.40. The summed E-state index contributed by atoms with van der Waals surface area (Å²) in [5, 5.41) is 10.0. The van der Waals surface area contributed by atoms with Crippen LogP contribution in [0.15, 0.2) is 30.5 Å². The number of nitrogens with zero attached hydrogens (tertiary/aromatic N) is 3. The van der Waals surface area contributed by atoms with Gasteiger partial charge in [0.1, 0.15) is 11.5 Å². The number of hydrogen-bond acceptors (Lipinski definition) is 8. The van der Waals surface area contributed by atoms with E-state index in [1.165, 1.54) is 23.1 Å². The Labute approximate surface area is 193 Å². The van der Waals surface area contributed by atoms with E-state index in [0.717, 1.165) is 11.3 Å². The molecule has 0 aliphatic heterocycles. The zero-order chi connectivity index (χ0) is 23.5. The Bertz CT molecular complexity index is 1200. The Morgan fingerprint density at radius 2 is 1.94 bits per heavy atom. The molecule has 172 valence electrons. The Morgan fingerprint density at radius 1 is 1.18 bits per heavy atom. The quantitative estimate of drug-likeness (QED) is 0.510. The molecule has 11 heteroatoms. The lowest BCUT2D eigenvalue weighted by Crippen LogP contribution is -2.15. The molecule has 2 amide bonds. The molecule has 0 spiro atoms. The van der Waals surface area contributed by atoms with E-state index in [1.807, 2.05) is 0 Å². The zero-order valence-corrected chi connectivity index (χ0v) is 19.2. The molecular formula is C22H23N5O5S. The average Bonchev–Trinajstić information content (AvgIpc) is 3.48. The van der Waals surface area contributed by atoms with Gasteiger partial charge in [0.2, 0.25) is 5.88 Å². The summed E-state index contributed by atoms with van der Waals surface area (Å²) >= 11 is 1.37. The van der Waals surface area contributed by atoms with Gasteiger partial charge in [-0.25, -0.2) is 4.98 Å². The van der Waals surface area contributed by atoms with Crippen molar-refractivity contribution in [3.05, 3.63) is 52.2 Å². The van der Waals surface area contributed by atoms with E-state index < -0.39 is 0 Å². The molecule has 0 radical (unpaired) electrons. The van der Waals surface area contributed by atoms with Crippen molar-refractivity contribution < 1.29 is 23.9 Å². The third-order valence-electron chi connectivity index (χ3n) is 5.15. The predicted molar refractivity (Wildman–Crippen MR) is 122 cm³/mol. The number of fused-ring (bicyclic) bond motifs is 1. The number of aryl methyl sites for hydroxylation is 2. The summed E-state index contributed by atoms with van der Waals surface area (Å²) in [6.07, 6.45) is 2.98. The van der Waals surface area contributed by atoms with Crippen LogP contribution in [0.3, 0.4) is 0 Å². The summed E-state index contributed by atoms with van der Waals surface area (Å²) in [6, 6.07) is 6.48. The molecule has 1 unspecified atom stereocenters. The third kappa shape index (κ3) is 4.72. The van der Waals surface area contributed by atoms with Gasteiger partial charge < -0.3 is 14.8 Å². The molecule has 0 saturated carbocycles. The minimum atomic E-state index is -0.372. The van der Waals surface area contributed by atoms with Crippen LogP contribution >= 0.6 is 11.3 Å². The van der Waals surface area contributed by atoms with Crippen LogP contribution in [-0.2, 0) is 23.0 Å². The molecule has 10 nitrogen and oxygen atoms in total. The fourth-order valence-corrected chi connectivity index (χ4v) is 4.63. The number of aromatic nitrogens is 3. The molecule has 1 aliphatic carbocycles. The predicted octanol–water partition coefficient (Wildman–Crippen LogP) is 2.98. The second kappa shape index (κ2) is 9.41. The lowest BCUT2D eigenvalue weighted by atomic mass is 10.1. The fourth-order valence-electron chi connectivity index (χ4n) is 3.60. The molecule has 2 aromatic heterocycles. The van der Waals surface area contributed by atoms with Crippen molar-refractivity contribution in [1.29, 1.82) is 0 Å². The molecular weight excluding hydrogens is 446 g/mol. The van der Waals surface area contributed by atoms with Crippen molar-refractivity contribution in [3.8, 4) is 5.88 Å². The molecule has 2 heterocycles. The van der Waals surface area contributed by atoms with Crippen molar-refractivity contribution in [2.75, 3.05) is 24.4 Å². The molecule has 3 aromatic rings. The number of carbonyl (C=O) groups is 3. The van der Waals surface area contributed by atoms with E-state index in [0.29, 0.717) is 40.7 Å². The summed E-state index contributed by atoms with van der Waals surface area (Å²) < 4.78 is 11.7. The van der Waals surface area contributed by atoms with Crippen LogP contribution in [0, 0.1) is 0 Å². The highest BCUT2D eigenvalue weighted by Crippen LogP contribution is 2.39. The minimum Gasteiger partial charge on any atom is -0.479 e. The van der Waals surface area contributed by atoms with E-state index in [4.69, 9.17) is 9.47 Å². The summed E-state index contributed by atoms with van der Waals surface area (Å²) in [5.41, 5.74) is 1.93. The van der Waals surface area contributed by atoms with E-state index in [9.17, 15) is 14.4 Å². The largest absolute Gasteiger partial charge is 0.479 e. The maximum atomic E-state index is 12.6. The molecule has 33 heavy (non-hydrogen) atoms. The number of anilines is 2. The number of amides is 2. The Morgan fingerprint density at radius 3 is 2.64 bits per heavy atom. The zero-order valence-electron chi connectivity index (χ0n) is 18.4. The van der Waals surface area contributed by atoms with Gasteiger partial charge in [0.25, 0.3) is 11.8 Å². The molecule has 4 rings (SSSR count). The van der Waals surface area contributed by atoms with E-state index in [-0.39, 0.29) is 29.6 Å². The number of carbonyl (C=O) groups excluding carboxylic acids is 3. The lowest BCUT2D eigenvalue weighted by molar-refractivity contribution is -0.145. The first-order chi connectivity index (χ1) is 15.9. The highest BCUT2D eigenvalue weighted by molar-refractivity contribution is 7.16. The van der Waals surface area contributed by atoms with Crippen LogP contribution in [0.1, 0.15) is 50.5 Å². The van der Waals surface area contributed by atoms with Gasteiger partial charge in [0.05, 0.1) is 19.4 Å². The van der Waals surface area contributed by atoms with Crippen LogP contribution in [0.2, 0.25) is 0 Å². The number of benzene rings is 1. The highest BCUT2D eigenvalue weighted by atomic mass is 32.1. The highest BCUT2D eigenvalue weighted by Gasteiger charge is 2.33. The van der Waals surface area contributed by atoms with Gasteiger partial charge in [-0.2, -0.15) is 0 Å². The standard InChI is InChI=1S/C22H23N5O5S/c1-4-32-21(30)14-9-10-16-17(14)24-22(33-16)25-18(28)12-5-7-13(8-6-12)23-19(29)15-11-27(2)26-20(15)31-3/h5-8,11,14H,4,9-10H2,1-3H3,(H,23,29)(H,24,25,28). The minimum absolute atomic E-state index is 0.228. The van der Waals surface area contributed by atoms with Gasteiger partial charge in [0, 0.05) is 29.4 Å². The molecule has 0 saturated heterocycles. The number of nitrogens with one attached hydrogen (secondary N) is 2. The normalized spacial score (nSPS) is 14.5. The van der Waals surface area contributed by atoms with Crippen LogP contribution in [0.25, 0.3) is 0 Å². The van der Waals surface area contributed by atoms with Crippen LogP contribution in [-0.4, -0.2) is 46.3 Å². The Kier molecular flexibility index (Phi) is 6.40. The summed E-state index contributed by atoms with van der Waals surface area (Å²) in [6.45, 7) is 2.09. The monoisotopic (exact) mass is 469 g/mol. The molecule has 0 fully saturated rings. The van der Waals surface area contributed by atoms with Crippen LogP contribution < -0.4 is 15.4 Å². The molecule has 2 N–H and O–H groups in total. The number of ether oxygens (including phenoxy) is 2. The third-order valence-corrected chi connectivity index (χ3v) is 6.19. The Hall–Kier alpha value is -3.73. The van der Waals surface area contributed by atoms with E-state index in [2.05, 4.69) is 20.7 Å². The topological polar surface area (TPSA) is 124 Å². The first-order valence-corrected chi connectivity index (χ1v) is 11.2. The smallest absolute Gasteiger partial charge is 0.315 e. The second-order valence-corrected chi connectivity index (χ2v) is 8.47. The van der Waals surface area contributed by atoms with Gasteiger partial charge in [-0.05, 0) is 44.0 Å². The van der Waals surface area contributed by atoms with Crippen molar-refractivity contribution in [2.45, 2.75) is 25.7 Å². The number of hydrogen-bond donors (Lipinski definition) is 2. The molecule has 1 aliphatic rings. The summed E-state index contributed by atoms with van der Waals surface area (Å²) in [7, 11) is 3.14. The van der Waals surface area contributed by atoms with Crippen molar-refractivity contribution in [2.24, 2.45) is 7.05 Å². The van der Waals surface area contributed by atoms with E-state index in [1.54, 1.807) is 44.4 Å². The number of methoxy groups -OCH3 is 1. The van der Waals surface area contributed by atoms with Gasteiger partial charge in [-0.3, -0.25) is 24.4 Å². The van der Waals surface area contributed by atoms with Crippen molar-refractivity contribution >= 4 is 39.9 Å². The number of thiazole rings is 1. The average molecular weight is 470 g/mol. The number of esters is 1. The maximum absolute atomic E-state index is 12.6. The van der Waals surface area contributed by atoms with Gasteiger partial charge in [0.15, 0.2) is 5.13 Å². The first kappa shape index (κ1) is 22.5. The van der Waals surface area contributed by atoms with E-state index >= 15 is 0 Å². The van der Waals surface area contributed by atoms with Crippen LogP contribution in [0.4, 0.5) is 10.8 Å². The summed E-state index contributed by atoms with van der Waals surface area (Å²) in [5.74, 6) is -1.12. The second-order valence-electron chi connectivity index (χ2n) is 7.38. The molecule has 1 aromatic carbocycles. The SMILES string of the molecule is CCOC(=O)C1CCc2sc(NC(=O)c3ccc(NC(=O)c4cn(C)nc4OC)cc3)nc21. The first-order valence-electron chi connectivity index (χ1n) is 10.4. The van der Waals surface area contributed by atoms with Gasteiger partial charge in [-0.1, -0.05) is 0 Å². The number of rotatable bonds is 7. The fraction of sp³-hybridized carbons (Fsp3) is 0.318. The van der Waals surface area contributed by atoms with Gasteiger partial charge >= 0.3 is 5.97 Å². The molecule has 0 bridgehead atoms. The lowest BCUT2D eigenvalue weighted by Gasteiger charge is -2.08. The van der Waals surface area contributed by atoms with Gasteiger partial charge in [-0.15, -0.1) is 16.4 Å². The van der Waals surface area contributed by atoms with Crippen molar-refractivity contribution in [1.82, 2.24) is 14.8 Å². The maximum Gasteiger partial charge on any atom is 0.315 e. The van der Waals surface area contributed by atoms with Crippen LogP contribution in [0.5, 0.6) is 5.88 Å².